The number of carbonyl (C=O) groups is 1. The molecule has 0 atom stereocenters. The van der Waals surface area contributed by atoms with E-state index in [9.17, 15) is 4.79 Å². The third kappa shape index (κ3) is 1.62. The van der Waals surface area contributed by atoms with Gasteiger partial charge in [0, 0.05) is 25.5 Å². The van der Waals surface area contributed by atoms with Crippen molar-refractivity contribution >= 4 is 16.8 Å². The third-order valence-electron chi connectivity index (χ3n) is 3.87. The van der Waals surface area contributed by atoms with Crippen molar-refractivity contribution in [2.75, 3.05) is 13.1 Å². The molecule has 94 valence electrons. The lowest BCUT2D eigenvalue weighted by molar-refractivity contribution is 0.0784. The fraction of sp³-hybridized carbons (Fsp3) is 0.400. The molecule has 1 saturated heterocycles. The van der Waals surface area contributed by atoms with E-state index in [4.69, 9.17) is 0 Å². The first-order valence-electron chi connectivity index (χ1n) is 6.53. The Morgan fingerprint density at radius 2 is 1.94 bits per heavy atom. The smallest absolute Gasteiger partial charge is 0.270 e. The van der Waals surface area contributed by atoms with Crippen molar-refractivity contribution in [3.8, 4) is 0 Å². The Kier molecular flexibility index (Phi) is 2.62. The van der Waals surface area contributed by atoms with Crippen LogP contribution in [0.4, 0.5) is 0 Å². The van der Waals surface area contributed by atoms with Crippen molar-refractivity contribution in [1.82, 2.24) is 9.47 Å². The molecular weight excluding hydrogens is 224 g/mol. The van der Waals surface area contributed by atoms with E-state index in [1.165, 1.54) is 11.1 Å². The number of rotatable bonds is 1. The van der Waals surface area contributed by atoms with Crippen molar-refractivity contribution in [2.45, 2.75) is 19.8 Å². The molecule has 1 aromatic heterocycles. The molecule has 3 nitrogen and oxygen atoms in total. The van der Waals surface area contributed by atoms with Gasteiger partial charge in [-0.3, -0.25) is 4.79 Å². The molecule has 2 aromatic rings. The zero-order valence-electron chi connectivity index (χ0n) is 10.9. The summed E-state index contributed by atoms with van der Waals surface area (Å²) in [6.07, 6.45) is 2.27. The predicted molar refractivity (Wildman–Crippen MR) is 72.8 cm³/mol. The van der Waals surface area contributed by atoms with Gasteiger partial charge in [-0.1, -0.05) is 18.2 Å². The molecule has 0 radical (unpaired) electrons. The Balaban J connectivity index is 2.09. The van der Waals surface area contributed by atoms with Gasteiger partial charge in [0.2, 0.25) is 0 Å². The van der Waals surface area contributed by atoms with E-state index < -0.39 is 0 Å². The summed E-state index contributed by atoms with van der Waals surface area (Å²) in [7, 11) is 1.98. The summed E-state index contributed by atoms with van der Waals surface area (Å²) in [6, 6.07) is 8.22. The van der Waals surface area contributed by atoms with Crippen molar-refractivity contribution in [1.29, 1.82) is 0 Å². The average molecular weight is 242 g/mol. The summed E-state index contributed by atoms with van der Waals surface area (Å²) < 4.78 is 2.03. The molecule has 1 aliphatic rings. The highest BCUT2D eigenvalue weighted by atomic mass is 16.2. The molecule has 0 bridgehead atoms. The summed E-state index contributed by atoms with van der Waals surface area (Å²) >= 11 is 0. The van der Waals surface area contributed by atoms with Crippen LogP contribution in [0, 0.1) is 6.92 Å². The van der Waals surface area contributed by atoms with Gasteiger partial charge in [0.05, 0.1) is 5.52 Å². The first kappa shape index (κ1) is 11.3. The number of aryl methyl sites for hydroxylation is 2. The van der Waals surface area contributed by atoms with Crippen LogP contribution in [0.2, 0.25) is 0 Å². The molecule has 1 aliphatic heterocycles. The second-order valence-electron chi connectivity index (χ2n) is 5.10. The van der Waals surface area contributed by atoms with E-state index in [1.807, 2.05) is 28.6 Å². The standard InChI is InChI=1S/C15H18N2O/c1-11-6-5-7-12-10-13(16(2)14(11)12)15(18)17-8-3-4-9-17/h5-7,10H,3-4,8-9H2,1-2H3. The van der Waals surface area contributed by atoms with Gasteiger partial charge in [0.15, 0.2) is 0 Å². The first-order chi connectivity index (χ1) is 8.68. The van der Waals surface area contributed by atoms with Crippen LogP contribution in [0.25, 0.3) is 10.9 Å². The van der Waals surface area contributed by atoms with Crippen LogP contribution in [0.1, 0.15) is 28.9 Å². The summed E-state index contributed by atoms with van der Waals surface area (Å²) in [5, 5.41) is 1.15. The number of hydrogen-bond acceptors (Lipinski definition) is 1. The second kappa shape index (κ2) is 4.16. The van der Waals surface area contributed by atoms with Crippen LogP contribution in [0.15, 0.2) is 24.3 Å². The van der Waals surface area contributed by atoms with Gasteiger partial charge in [-0.25, -0.2) is 0 Å². The minimum absolute atomic E-state index is 0.172. The van der Waals surface area contributed by atoms with Crippen LogP contribution >= 0.6 is 0 Å². The number of hydrogen-bond donors (Lipinski definition) is 0. The molecule has 1 fully saturated rings. The highest BCUT2D eigenvalue weighted by Gasteiger charge is 2.22. The average Bonchev–Trinajstić information content (AvgIpc) is 2.97. The molecule has 1 amide bonds. The van der Waals surface area contributed by atoms with Crippen molar-refractivity contribution in [3.63, 3.8) is 0 Å². The minimum atomic E-state index is 0.172. The van der Waals surface area contributed by atoms with E-state index in [1.54, 1.807) is 0 Å². The predicted octanol–water partition coefficient (Wildman–Crippen LogP) is 2.72. The van der Waals surface area contributed by atoms with E-state index in [2.05, 4.69) is 19.1 Å². The number of amides is 1. The van der Waals surface area contributed by atoms with E-state index in [0.29, 0.717) is 0 Å². The molecule has 2 heterocycles. The lowest BCUT2D eigenvalue weighted by Crippen LogP contribution is -2.29. The lowest BCUT2D eigenvalue weighted by Gasteiger charge is -2.15. The van der Waals surface area contributed by atoms with Crippen molar-refractivity contribution < 1.29 is 4.79 Å². The van der Waals surface area contributed by atoms with Gasteiger partial charge < -0.3 is 9.47 Å². The first-order valence-corrected chi connectivity index (χ1v) is 6.53. The van der Waals surface area contributed by atoms with Gasteiger partial charge in [0.25, 0.3) is 5.91 Å². The number of fused-ring (bicyclic) bond motifs is 1. The van der Waals surface area contributed by atoms with Gasteiger partial charge in [-0.05, 0) is 31.4 Å². The summed E-state index contributed by atoms with van der Waals surface area (Å²) in [5.41, 5.74) is 3.19. The Bertz CT molecular complexity index is 606. The molecule has 0 saturated carbocycles. The summed E-state index contributed by atoms with van der Waals surface area (Å²) in [4.78, 5) is 14.4. The maximum atomic E-state index is 12.5. The fourth-order valence-electron chi connectivity index (χ4n) is 2.91. The van der Waals surface area contributed by atoms with E-state index in [-0.39, 0.29) is 5.91 Å². The molecule has 18 heavy (non-hydrogen) atoms. The number of aromatic nitrogens is 1. The summed E-state index contributed by atoms with van der Waals surface area (Å²) in [6.45, 7) is 3.89. The normalized spacial score (nSPS) is 15.6. The van der Waals surface area contributed by atoms with Gasteiger partial charge in [-0.15, -0.1) is 0 Å². The Hall–Kier alpha value is -1.77. The highest BCUT2D eigenvalue weighted by molar-refractivity contribution is 5.99. The van der Waals surface area contributed by atoms with Crippen LogP contribution in [0.3, 0.4) is 0 Å². The third-order valence-corrected chi connectivity index (χ3v) is 3.87. The van der Waals surface area contributed by atoms with Crippen LogP contribution in [-0.2, 0) is 7.05 Å². The zero-order chi connectivity index (χ0) is 12.7. The monoisotopic (exact) mass is 242 g/mol. The van der Waals surface area contributed by atoms with E-state index >= 15 is 0 Å². The molecule has 0 aliphatic carbocycles. The van der Waals surface area contributed by atoms with E-state index in [0.717, 1.165) is 37.0 Å². The number of benzene rings is 1. The largest absolute Gasteiger partial charge is 0.339 e. The maximum absolute atomic E-state index is 12.5. The van der Waals surface area contributed by atoms with Crippen LogP contribution < -0.4 is 0 Å². The quantitative estimate of drug-likeness (QED) is 0.755. The molecule has 1 aromatic carbocycles. The maximum Gasteiger partial charge on any atom is 0.270 e. The van der Waals surface area contributed by atoms with Crippen LogP contribution in [-0.4, -0.2) is 28.5 Å². The van der Waals surface area contributed by atoms with Crippen molar-refractivity contribution in [2.24, 2.45) is 7.05 Å². The minimum Gasteiger partial charge on any atom is -0.339 e. The fourth-order valence-corrected chi connectivity index (χ4v) is 2.91. The Labute approximate surface area is 107 Å². The molecular formula is C15H18N2O. The zero-order valence-corrected chi connectivity index (χ0v) is 10.9. The summed E-state index contributed by atoms with van der Waals surface area (Å²) in [5.74, 6) is 0.172. The SMILES string of the molecule is Cc1cccc2cc(C(=O)N3CCCC3)n(C)c12. The Morgan fingerprint density at radius 3 is 2.61 bits per heavy atom. The molecule has 0 N–H and O–H groups in total. The molecule has 3 rings (SSSR count). The number of para-hydroxylation sites is 1. The second-order valence-corrected chi connectivity index (χ2v) is 5.10. The van der Waals surface area contributed by atoms with Crippen molar-refractivity contribution in [3.05, 3.63) is 35.5 Å². The number of likely N-dealkylation sites (tertiary alicyclic amines) is 1. The number of carbonyl (C=O) groups excluding carboxylic acids is 1. The molecule has 0 spiro atoms. The van der Waals surface area contributed by atoms with Gasteiger partial charge in [-0.2, -0.15) is 0 Å². The lowest BCUT2D eigenvalue weighted by atomic mass is 10.2. The topological polar surface area (TPSA) is 25.2 Å². The Morgan fingerprint density at radius 1 is 1.22 bits per heavy atom. The van der Waals surface area contributed by atoms with Gasteiger partial charge >= 0.3 is 0 Å². The van der Waals surface area contributed by atoms with Crippen LogP contribution in [0.5, 0.6) is 0 Å². The molecule has 3 heteroatoms. The van der Waals surface area contributed by atoms with Gasteiger partial charge in [0.1, 0.15) is 5.69 Å². The molecule has 0 unspecified atom stereocenters. The number of nitrogens with zero attached hydrogens (tertiary/aromatic N) is 2. The highest BCUT2D eigenvalue weighted by Crippen LogP contribution is 2.23.